The third-order valence-electron chi connectivity index (χ3n) is 2.59. The maximum Gasteiger partial charge on any atom is 0.142 e. The van der Waals surface area contributed by atoms with E-state index in [0.717, 1.165) is 5.56 Å². The molecule has 0 unspecified atom stereocenters. The Morgan fingerprint density at radius 1 is 1.11 bits per heavy atom. The Kier molecular flexibility index (Phi) is 4.64. The Labute approximate surface area is 120 Å². The van der Waals surface area contributed by atoms with E-state index in [9.17, 15) is 4.39 Å². The first-order valence-electron chi connectivity index (χ1n) is 5.72. The van der Waals surface area contributed by atoms with Crippen molar-refractivity contribution >= 4 is 23.2 Å². The van der Waals surface area contributed by atoms with E-state index in [2.05, 4.69) is 0 Å². The van der Waals surface area contributed by atoms with Crippen molar-refractivity contribution < 1.29 is 9.13 Å². The molecule has 0 bridgehead atoms. The van der Waals surface area contributed by atoms with Crippen LogP contribution in [-0.2, 0) is 6.42 Å². The number of ether oxygens (including phenoxy) is 1. The van der Waals surface area contributed by atoms with Crippen molar-refractivity contribution in [3.05, 3.63) is 57.8 Å². The van der Waals surface area contributed by atoms with E-state index in [1.807, 2.05) is 0 Å². The average Bonchev–Trinajstić information content (AvgIpc) is 2.38. The number of nitrogens with two attached hydrogens (primary N) is 1. The standard InChI is InChI=1S/C14H12Cl2FNO/c15-11-2-1-3-14(10(11)6-7-18)19-9-4-5-13(17)12(16)8-9/h1-5,8H,6-7,18H2. The third kappa shape index (κ3) is 3.38. The van der Waals surface area contributed by atoms with Crippen molar-refractivity contribution in [1.82, 2.24) is 0 Å². The van der Waals surface area contributed by atoms with Crippen LogP contribution >= 0.6 is 23.2 Å². The maximum absolute atomic E-state index is 13.1. The van der Waals surface area contributed by atoms with Crippen molar-refractivity contribution in [3.8, 4) is 11.5 Å². The molecule has 0 amide bonds. The highest BCUT2D eigenvalue weighted by Gasteiger charge is 2.09. The summed E-state index contributed by atoms with van der Waals surface area (Å²) in [5.41, 5.74) is 6.38. The van der Waals surface area contributed by atoms with E-state index < -0.39 is 5.82 Å². The van der Waals surface area contributed by atoms with Gasteiger partial charge in [-0.3, -0.25) is 0 Å². The van der Waals surface area contributed by atoms with Gasteiger partial charge in [-0.2, -0.15) is 0 Å². The van der Waals surface area contributed by atoms with Gasteiger partial charge in [0, 0.05) is 16.7 Å². The minimum atomic E-state index is -0.484. The summed E-state index contributed by atoms with van der Waals surface area (Å²) in [6, 6.07) is 9.52. The molecule has 0 atom stereocenters. The second-order valence-electron chi connectivity index (χ2n) is 3.93. The van der Waals surface area contributed by atoms with E-state index in [4.69, 9.17) is 33.7 Å². The minimum absolute atomic E-state index is 0.0138. The van der Waals surface area contributed by atoms with E-state index in [0.29, 0.717) is 29.5 Å². The smallest absolute Gasteiger partial charge is 0.142 e. The number of halogens is 3. The van der Waals surface area contributed by atoms with Crippen LogP contribution in [-0.4, -0.2) is 6.54 Å². The average molecular weight is 300 g/mol. The molecule has 0 radical (unpaired) electrons. The van der Waals surface area contributed by atoms with Crippen LogP contribution in [0.1, 0.15) is 5.56 Å². The maximum atomic E-state index is 13.1. The zero-order chi connectivity index (χ0) is 13.8. The van der Waals surface area contributed by atoms with Crippen LogP contribution in [0.15, 0.2) is 36.4 Å². The lowest BCUT2D eigenvalue weighted by atomic mass is 10.1. The molecule has 5 heteroatoms. The van der Waals surface area contributed by atoms with Gasteiger partial charge in [0.1, 0.15) is 17.3 Å². The molecule has 2 nitrogen and oxygen atoms in total. The predicted molar refractivity (Wildman–Crippen MR) is 75.7 cm³/mol. The lowest BCUT2D eigenvalue weighted by Gasteiger charge is -2.12. The first-order valence-corrected chi connectivity index (χ1v) is 6.47. The first kappa shape index (κ1) is 14.1. The normalized spacial score (nSPS) is 10.5. The highest BCUT2D eigenvalue weighted by Crippen LogP contribution is 2.32. The quantitative estimate of drug-likeness (QED) is 0.906. The molecule has 2 aromatic rings. The van der Waals surface area contributed by atoms with E-state index in [1.54, 1.807) is 18.2 Å². The van der Waals surface area contributed by atoms with Gasteiger partial charge in [0.05, 0.1) is 5.02 Å². The van der Waals surface area contributed by atoms with Crippen LogP contribution in [0.25, 0.3) is 0 Å². The molecule has 0 saturated heterocycles. The summed E-state index contributed by atoms with van der Waals surface area (Å²) >= 11 is 11.8. The Morgan fingerprint density at radius 3 is 2.58 bits per heavy atom. The molecule has 2 aromatic carbocycles. The van der Waals surface area contributed by atoms with Gasteiger partial charge < -0.3 is 10.5 Å². The molecular formula is C14H12Cl2FNO. The second-order valence-corrected chi connectivity index (χ2v) is 4.75. The monoisotopic (exact) mass is 299 g/mol. The molecule has 2 rings (SSSR count). The molecular weight excluding hydrogens is 288 g/mol. The molecule has 0 saturated carbocycles. The molecule has 0 aliphatic heterocycles. The fourth-order valence-electron chi connectivity index (χ4n) is 1.69. The number of hydrogen-bond acceptors (Lipinski definition) is 2. The van der Waals surface area contributed by atoms with Gasteiger partial charge in [-0.25, -0.2) is 4.39 Å². The number of benzene rings is 2. The highest BCUT2D eigenvalue weighted by molar-refractivity contribution is 6.31. The first-order chi connectivity index (χ1) is 9.11. The van der Waals surface area contributed by atoms with Crippen molar-refractivity contribution in [2.75, 3.05) is 6.54 Å². The SMILES string of the molecule is NCCc1c(Cl)cccc1Oc1ccc(F)c(Cl)c1. The Morgan fingerprint density at radius 2 is 1.89 bits per heavy atom. The molecule has 0 fully saturated rings. The summed E-state index contributed by atoms with van der Waals surface area (Å²) in [6.45, 7) is 0.463. The van der Waals surface area contributed by atoms with Crippen molar-refractivity contribution in [3.63, 3.8) is 0 Å². The second kappa shape index (κ2) is 6.24. The van der Waals surface area contributed by atoms with Crippen LogP contribution in [0.2, 0.25) is 10.0 Å². The zero-order valence-electron chi connectivity index (χ0n) is 10.00. The van der Waals surface area contributed by atoms with Crippen LogP contribution in [0, 0.1) is 5.82 Å². The van der Waals surface area contributed by atoms with Gasteiger partial charge in [0.15, 0.2) is 0 Å². The van der Waals surface area contributed by atoms with E-state index >= 15 is 0 Å². The molecule has 0 aromatic heterocycles. The highest BCUT2D eigenvalue weighted by atomic mass is 35.5. The summed E-state index contributed by atoms with van der Waals surface area (Å²) in [4.78, 5) is 0. The largest absolute Gasteiger partial charge is 0.457 e. The lowest BCUT2D eigenvalue weighted by Crippen LogP contribution is -2.04. The van der Waals surface area contributed by atoms with Gasteiger partial charge in [0.25, 0.3) is 0 Å². The number of hydrogen-bond donors (Lipinski definition) is 1. The molecule has 0 heterocycles. The predicted octanol–water partition coefficient (Wildman–Crippen LogP) is 4.43. The van der Waals surface area contributed by atoms with Crippen molar-refractivity contribution in [2.45, 2.75) is 6.42 Å². The fourth-order valence-corrected chi connectivity index (χ4v) is 2.12. The summed E-state index contributed by atoms with van der Waals surface area (Å²) in [7, 11) is 0. The van der Waals surface area contributed by atoms with Crippen molar-refractivity contribution in [1.29, 1.82) is 0 Å². The van der Waals surface area contributed by atoms with Crippen LogP contribution in [0.5, 0.6) is 11.5 Å². The Bertz CT molecular complexity index is 590. The van der Waals surface area contributed by atoms with Gasteiger partial charge in [-0.05, 0) is 37.2 Å². The number of rotatable bonds is 4. The van der Waals surface area contributed by atoms with Crippen LogP contribution < -0.4 is 10.5 Å². The fraction of sp³-hybridized carbons (Fsp3) is 0.143. The molecule has 0 spiro atoms. The van der Waals surface area contributed by atoms with Gasteiger partial charge in [-0.15, -0.1) is 0 Å². The van der Waals surface area contributed by atoms with Gasteiger partial charge in [0.2, 0.25) is 0 Å². The zero-order valence-corrected chi connectivity index (χ0v) is 11.5. The molecule has 100 valence electrons. The van der Waals surface area contributed by atoms with E-state index in [1.165, 1.54) is 18.2 Å². The molecule has 19 heavy (non-hydrogen) atoms. The molecule has 2 N–H and O–H groups in total. The third-order valence-corrected chi connectivity index (χ3v) is 3.23. The van der Waals surface area contributed by atoms with Gasteiger partial charge >= 0.3 is 0 Å². The molecule has 0 aliphatic carbocycles. The summed E-state index contributed by atoms with van der Waals surface area (Å²) in [5, 5.41) is 0.607. The Hall–Kier alpha value is -1.29. The summed E-state index contributed by atoms with van der Waals surface area (Å²) in [5.74, 6) is 0.565. The molecule has 0 aliphatic rings. The topological polar surface area (TPSA) is 35.2 Å². The van der Waals surface area contributed by atoms with Crippen molar-refractivity contribution in [2.24, 2.45) is 5.73 Å². The summed E-state index contributed by atoms with van der Waals surface area (Å²) in [6.07, 6.45) is 0.601. The van der Waals surface area contributed by atoms with Crippen LogP contribution in [0.4, 0.5) is 4.39 Å². The minimum Gasteiger partial charge on any atom is -0.457 e. The van der Waals surface area contributed by atoms with Crippen LogP contribution in [0.3, 0.4) is 0 Å². The lowest BCUT2D eigenvalue weighted by molar-refractivity contribution is 0.474. The van der Waals surface area contributed by atoms with E-state index in [-0.39, 0.29) is 5.02 Å². The summed E-state index contributed by atoms with van der Waals surface area (Å²) < 4.78 is 18.8. The Balaban J connectivity index is 2.32. The van der Waals surface area contributed by atoms with Gasteiger partial charge in [-0.1, -0.05) is 29.3 Å².